The molecule has 0 saturated heterocycles. The molecule has 0 spiro atoms. The van der Waals surface area contributed by atoms with E-state index in [-0.39, 0.29) is 18.3 Å². The summed E-state index contributed by atoms with van der Waals surface area (Å²) >= 11 is 0. The molecule has 1 amide bonds. The maximum atomic E-state index is 13.6. The number of rotatable bonds is 4. The highest BCUT2D eigenvalue weighted by atomic mass is 19.1. The van der Waals surface area contributed by atoms with Crippen molar-refractivity contribution in [3.63, 3.8) is 0 Å². The van der Waals surface area contributed by atoms with Crippen molar-refractivity contribution in [3.8, 4) is 0 Å². The Bertz CT molecular complexity index is 828. The first-order valence-electron chi connectivity index (χ1n) is 6.95. The third kappa shape index (κ3) is 3.60. The summed E-state index contributed by atoms with van der Waals surface area (Å²) in [5.41, 5.74) is 0.835. The van der Waals surface area contributed by atoms with E-state index in [1.54, 1.807) is 30.5 Å². The standard InChI is InChI=1S/C17H13F2N3O/c18-14-7-5-12(6-8-14)17(23)20-16-9-10-22(21-16)11-13-3-1-2-4-15(13)19/h1-10H,11H2,(H,20,21,23). The number of anilines is 1. The van der Waals surface area contributed by atoms with E-state index in [1.807, 2.05) is 0 Å². The highest BCUT2D eigenvalue weighted by molar-refractivity contribution is 6.03. The van der Waals surface area contributed by atoms with Crippen LogP contribution in [0.15, 0.2) is 60.8 Å². The summed E-state index contributed by atoms with van der Waals surface area (Å²) in [7, 11) is 0. The predicted octanol–water partition coefficient (Wildman–Crippen LogP) is 3.46. The molecule has 0 radical (unpaired) electrons. The second-order valence-electron chi connectivity index (χ2n) is 4.95. The zero-order valence-corrected chi connectivity index (χ0v) is 12.0. The first kappa shape index (κ1) is 14.9. The number of aromatic nitrogens is 2. The summed E-state index contributed by atoms with van der Waals surface area (Å²) < 4.78 is 28.0. The van der Waals surface area contributed by atoms with Gasteiger partial charge in [0, 0.05) is 23.4 Å². The molecule has 2 aromatic carbocycles. The van der Waals surface area contributed by atoms with Crippen molar-refractivity contribution in [3.05, 3.63) is 83.6 Å². The molecule has 0 atom stereocenters. The largest absolute Gasteiger partial charge is 0.305 e. The summed E-state index contributed by atoms with van der Waals surface area (Å²) in [6, 6.07) is 13.3. The monoisotopic (exact) mass is 313 g/mol. The lowest BCUT2D eigenvalue weighted by atomic mass is 10.2. The van der Waals surface area contributed by atoms with Gasteiger partial charge in [-0.15, -0.1) is 0 Å². The quantitative estimate of drug-likeness (QED) is 0.802. The molecule has 3 aromatic rings. The second-order valence-corrected chi connectivity index (χ2v) is 4.95. The van der Waals surface area contributed by atoms with Crippen LogP contribution in [0.5, 0.6) is 0 Å². The second kappa shape index (κ2) is 6.39. The normalized spacial score (nSPS) is 10.5. The molecule has 0 bridgehead atoms. The fourth-order valence-corrected chi connectivity index (χ4v) is 2.11. The number of carbonyl (C=O) groups is 1. The number of amides is 1. The molecule has 1 aromatic heterocycles. The van der Waals surface area contributed by atoms with Crippen LogP contribution >= 0.6 is 0 Å². The Labute approximate surface area is 131 Å². The minimum absolute atomic E-state index is 0.263. The minimum atomic E-state index is -0.407. The van der Waals surface area contributed by atoms with Gasteiger partial charge in [-0.2, -0.15) is 5.10 Å². The van der Waals surface area contributed by atoms with Crippen LogP contribution in [0.25, 0.3) is 0 Å². The van der Waals surface area contributed by atoms with Gasteiger partial charge in [0.2, 0.25) is 0 Å². The van der Waals surface area contributed by atoms with Crippen LogP contribution in [0.4, 0.5) is 14.6 Å². The fourth-order valence-electron chi connectivity index (χ4n) is 2.11. The maximum absolute atomic E-state index is 13.6. The van der Waals surface area contributed by atoms with Gasteiger partial charge >= 0.3 is 0 Å². The summed E-state index contributed by atoms with van der Waals surface area (Å²) in [5, 5.41) is 6.79. The lowest BCUT2D eigenvalue weighted by Crippen LogP contribution is -2.13. The molecule has 1 heterocycles. The summed E-state index contributed by atoms with van der Waals surface area (Å²) in [6.45, 7) is 0.263. The summed E-state index contributed by atoms with van der Waals surface area (Å²) in [5.74, 6) is -0.757. The van der Waals surface area contributed by atoms with E-state index in [0.29, 0.717) is 16.9 Å². The van der Waals surface area contributed by atoms with Crippen molar-refractivity contribution < 1.29 is 13.6 Å². The molecule has 1 N–H and O–H groups in total. The van der Waals surface area contributed by atoms with E-state index in [1.165, 1.54) is 35.0 Å². The Morgan fingerprint density at radius 1 is 1.04 bits per heavy atom. The van der Waals surface area contributed by atoms with E-state index < -0.39 is 5.82 Å². The van der Waals surface area contributed by atoms with E-state index in [2.05, 4.69) is 10.4 Å². The van der Waals surface area contributed by atoms with E-state index >= 15 is 0 Å². The fraction of sp³-hybridized carbons (Fsp3) is 0.0588. The van der Waals surface area contributed by atoms with Crippen molar-refractivity contribution >= 4 is 11.7 Å². The van der Waals surface area contributed by atoms with E-state index in [4.69, 9.17) is 0 Å². The zero-order valence-electron chi connectivity index (χ0n) is 12.0. The maximum Gasteiger partial charge on any atom is 0.256 e. The number of carbonyl (C=O) groups excluding carboxylic acids is 1. The van der Waals surface area contributed by atoms with Gasteiger partial charge < -0.3 is 5.32 Å². The lowest BCUT2D eigenvalue weighted by Gasteiger charge is -2.04. The number of hydrogen-bond donors (Lipinski definition) is 1. The smallest absolute Gasteiger partial charge is 0.256 e. The zero-order chi connectivity index (χ0) is 16.2. The third-order valence-corrected chi connectivity index (χ3v) is 3.28. The van der Waals surface area contributed by atoms with Gasteiger partial charge in [0.05, 0.1) is 6.54 Å². The highest BCUT2D eigenvalue weighted by Gasteiger charge is 2.09. The van der Waals surface area contributed by atoms with Crippen LogP contribution in [0.1, 0.15) is 15.9 Å². The van der Waals surface area contributed by atoms with Crippen molar-refractivity contribution in [1.29, 1.82) is 0 Å². The molecule has 0 unspecified atom stereocenters. The topological polar surface area (TPSA) is 46.9 Å². The highest BCUT2D eigenvalue weighted by Crippen LogP contribution is 2.11. The lowest BCUT2D eigenvalue weighted by molar-refractivity contribution is 0.102. The van der Waals surface area contributed by atoms with Gasteiger partial charge in [0.15, 0.2) is 5.82 Å². The number of nitrogens with zero attached hydrogens (tertiary/aromatic N) is 2. The van der Waals surface area contributed by atoms with Crippen molar-refractivity contribution in [2.24, 2.45) is 0 Å². The Hall–Kier alpha value is -3.02. The Kier molecular flexibility index (Phi) is 4.14. The molecular formula is C17H13F2N3O. The molecular weight excluding hydrogens is 300 g/mol. The molecule has 3 rings (SSSR count). The minimum Gasteiger partial charge on any atom is -0.305 e. The van der Waals surface area contributed by atoms with Crippen molar-refractivity contribution in [2.45, 2.75) is 6.54 Å². The van der Waals surface area contributed by atoms with Gasteiger partial charge in [-0.1, -0.05) is 18.2 Å². The average Bonchev–Trinajstić information content (AvgIpc) is 2.97. The number of benzene rings is 2. The molecule has 0 fully saturated rings. The van der Waals surface area contributed by atoms with Crippen molar-refractivity contribution in [2.75, 3.05) is 5.32 Å². The molecule has 0 aliphatic carbocycles. The first-order valence-corrected chi connectivity index (χ1v) is 6.95. The SMILES string of the molecule is O=C(Nc1ccn(Cc2ccccc2F)n1)c1ccc(F)cc1. The summed E-state index contributed by atoms with van der Waals surface area (Å²) in [4.78, 5) is 12.0. The molecule has 0 aliphatic heterocycles. The van der Waals surface area contributed by atoms with Gasteiger partial charge in [0.1, 0.15) is 11.6 Å². The van der Waals surface area contributed by atoms with Crippen LogP contribution in [-0.2, 0) is 6.54 Å². The third-order valence-electron chi connectivity index (χ3n) is 3.28. The average molecular weight is 313 g/mol. The van der Waals surface area contributed by atoms with Crippen LogP contribution < -0.4 is 5.32 Å². The van der Waals surface area contributed by atoms with Crippen LogP contribution in [0, 0.1) is 11.6 Å². The van der Waals surface area contributed by atoms with E-state index in [0.717, 1.165) is 0 Å². The van der Waals surface area contributed by atoms with Crippen LogP contribution in [0.2, 0.25) is 0 Å². The van der Waals surface area contributed by atoms with Gasteiger partial charge in [-0.25, -0.2) is 8.78 Å². The predicted molar refractivity (Wildman–Crippen MR) is 82.1 cm³/mol. The number of halogens is 2. The van der Waals surface area contributed by atoms with E-state index in [9.17, 15) is 13.6 Å². The molecule has 0 saturated carbocycles. The molecule has 116 valence electrons. The Balaban J connectivity index is 1.68. The Morgan fingerprint density at radius 2 is 1.78 bits per heavy atom. The number of nitrogens with one attached hydrogen (secondary N) is 1. The van der Waals surface area contributed by atoms with Gasteiger partial charge in [-0.05, 0) is 30.3 Å². The van der Waals surface area contributed by atoms with Gasteiger partial charge in [0.25, 0.3) is 5.91 Å². The Morgan fingerprint density at radius 3 is 2.52 bits per heavy atom. The molecule has 23 heavy (non-hydrogen) atoms. The first-order chi connectivity index (χ1) is 11.1. The van der Waals surface area contributed by atoms with Crippen LogP contribution in [-0.4, -0.2) is 15.7 Å². The molecule has 4 nitrogen and oxygen atoms in total. The molecule has 0 aliphatic rings. The van der Waals surface area contributed by atoms with Crippen molar-refractivity contribution in [1.82, 2.24) is 9.78 Å². The van der Waals surface area contributed by atoms with Crippen LogP contribution in [0.3, 0.4) is 0 Å². The number of hydrogen-bond acceptors (Lipinski definition) is 2. The summed E-state index contributed by atoms with van der Waals surface area (Å²) in [6.07, 6.45) is 1.65. The van der Waals surface area contributed by atoms with Gasteiger partial charge in [-0.3, -0.25) is 9.48 Å². The molecule has 6 heteroatoms.